The lowest BCUT2D eigenvalue weighted by Gasteiger charge is -2.01. The van der Waals surface area contributed by atoms with Crippen LogP contribution < -0.4 is 5.73 Å². The number of hydrogen-bond donors (Lipinski definition) is 1. The smallest absolute Gasteiger partial charge is 0.270 e. The van der Waals surface area contributed by atoms with E-state index < -0.39 is 4.92 Å². The summed E-state index contributed by atoms with van der Waals surface area (Å²) in [7, 11) is 0. The van der Waals surface area contributed by atoms with Gasteiger partial charge in [0.25, 0.3) is 11.6 Å². The Bertz CT molecular complexity index is 647. The van der Waals surface area contributed by atoms with E-state index in [1.807, 2.05) is 0 Å². The summed E-state index contributed by atoms with van der Waals surface area (Å²) in [6.45, 7) is 0. The van der Waals surface area contributed by atoms with Gasteiger partial charge in [0.2, 0.25) is 0 Å². The molecule has 3 rings (SSSR count). The fraction of sp³-hybridized carbons (Fsp3) is 0.385. The fourth-order valence-electron chi connectivity index (χ4n) is 2.54. The lowest BCUT2D eigenvalue weighted by molar-refractivity contribution is -0.384. The van der Waals surface area contributed by atoms with Gasteiger partial charge in [-0.15, -0.1) is 0 Å². The second kappa shape index (κ2) is 4.92. The van der Waals surface area contributed by atoms with Gasteiger partial charge in [0.15, 0.2) is 5.82 Å². The summed E-state index contributed by atoms with van der Waals surface area (Å²) in [5.74, 6) is 1.24. The number of nitrogens with two attached hydrogens (primary N) is 1. The molecule has 1 aliphatic rings. The number of aromatic nitrogens is 2. The Labute approximate surface area is 114 Å². The second-order valence-corrected chi connectivity index (χ2v) is 4.97. The molecule has 7 heteroatoms. The van der Waals surface area contributed by atoms with E-state index in [0.717, 1.165) is 12.8 Å². The fourth-order valence-corrected chi connectivity index (χ4v) is 2.54. The summed E-state index contributed by atoms with van der Waals surface area (Å²) in [6.07, 6.45) is 4.47. The number of nitrogens with zero attached hydrogens (tertiary/aromatic N) is 3. The zero-order valence-corrected chi connectivity index (χ0v) is 10.8. The minimum absolute atomic E-state index is 0.0465. The number of benzene rings is 1. The number of anilines is 1. The molecule has 20 heavy (non-hydrogen) atoms. The number of nitro benzene ring substituents is 1. The highest BCUT2D eigenvalue weighted by Crippen LogP contribution is 2.34. The van der Waals surface area contributed by atoms with E-state index in [4.69, 9.17) is 10.3 Å². The van der Waals surface area contributed by atoms with Gasteiger partial charge < -0.3 is 10.3 Å². The maximum absolute atomic E-state index is 10.8. The number of rotatable bonds is 3. The SMILES string of the molecule is Nc1ccc([N+](=O)[O-])cc1-c1nc(C2CCCC2)no1. The molecule has 1 saturated carbocycles. The summed E-state index contributed by atoms with van der Waals surface area (Å²) in [5, 5.41) is 14.8. The van der Waals surface area contributed by atoms with Crippen molar-refractivity contribution in [2.45, 2.75) is 31.6 Å². The van der Waals surface area contributed by atoms with E-state index in [0.29, 0.717) is 23.0 Å². The first-order chi connectivity index (χ1) is 9.65. The Kier molecular flexibility index (Phi) is 3.09. The first-order valence-electron chi connectivity index (χ1n) is 6.53. The topological polar surface area (TPSA) is 108 Å². The maximum atomic E-state index is 10.8. The summed E-state index contributed by atoms with van der Waals surface area (Å²) in [5.41, 5.74) is 6.59. The standard InChI is InChI=1S/C13H14N4O3/c14-11-6-5-9(17(18)19)7-10(11)13-15-12(16-20-13)8-3-1-2-4-8/h5-8H,1-4,14H2. The van der Waals surface area contributed by atoms with Crippen LogP contribution in [0.5, 0.6) is 0 Å². The number of nitro groups is 1. The van der Waals surface area contributed by atoms with Crippen LogP contribution in [0, 0.1) is 10.1 Å². The molecule has 104 valence electrons. The summed E-state index contributed by atoms with van der Waals surface area (Å²) >= 11 is 0. The van der Waals surface area contributed by atoms with Gasteiger partial charge in [0.1, 0.15) is 0 Å². The van der Waals surface area contributed by atoms with Gasteiger partial charge in [-0.1, -0.05) is 18.0 Å². The molecule has 7 nitrogen and oxygen atoms in total. The van der Waals surface area contributed by atoms with Crippen LogP contribution in [0.25, 0.3) is 11.5 Å². The molecule has 2 aromatic rings. The highest BCUT2D eigenvalue weighted by Gasteiger charge is 2.23. The zero-order chi connectivity index (χ0) is 14.1. The van der Waals surface area contributed by atoms with Crippen molar-refractivity contribution in [3.63, 3.8) is 0 Å². The molecule has 1 aliphatic carbocycles. The highest BCUT2D eigenvalue weighted by atomic mass is 16.6. The molecule has 0 amide bonds. The Hall–Kier alpha value is -2.44. The van der Waals surface area contributed by atoms with Crippen LogP contribution in [0.4, 0.5) is 11.4 Å². The third-order valence-electron chi connectivity index (χ3n) is 3.64. The summed E-state index contributed by atoms with van der Waals surface area (Å²) < 4.78 is 5.21. The summed E-state index contributed by atoms with van der Waals surface area (Å²) in [4.78, 5) is 14.7. The normalized spacial score (nSPS) is 15.6. The molecule has 0 bridgehead atoms. The molecule has 0 spiro atoms. The minimum Gasteiger partial charge on any atom is -0.398 e. The average Bonchev–Trinajstić information content (AvgIpc) is 3.10. The van der Waals surface area contributed by atoms with E-state index in [2.05, 4.69) is 10.1 Å². The van der Waals surface area contributed by atoms with Crippen LogP contribution in [-0.2, 0) is 0 Å². The summed E-state index contributed by atoms with van der Waals surface area (Å²) in [6, 6.07) is 4.20. The van der Waals surface area contributed by atoms with Crippen LogP contribution in [-0.4, -0.2) is 15.1 Å². The van der Waals surface area contributed by atoms with Gasteiger partial charge >= 0.3 is 0 Å². The molecule has 0 saturated heterocycles. The van der Waals surface area contributed by atoms with Crippen molar-refractivity contribution in [3.8, 4) is 11.5 Å². The first-order valence-corrected chi connectivity index (χ1v) is 6.53. The van der Waals surface area contributed by atoms with E-state index in [1.165, 1.54) is 31.0 Å². The molecule has 1 aromatic heterocycles. The highest BCUT2D eigenvalue weighted by molar-refractivity contribution is 5.73. The van der Waals surface area contributed by atoms with Crippen molar-refractivity contribution in [2.75, 3.05) is 5.73 Å². The number of nitrogen functional groups attached to an aromatic ring is 1. The monoisotopic (exact) mass is 274 g/mol. The second-order valence-electron chi connectivity index (χ2n) is 4.97. The molecule has 0 atom stereocenters. The van der Waals surface area contributed by atoms with Crippen molar-refractivity contribution in [1.82, 2.24) is 10.1 Å². The van der Waals surface area contributed by atoms with Gasteiger partial charge in [-0.25, -0.2) is 0 Å². The first kappa shape index (κ1) is 12.6. The number of non-ortho nitro benzene ring substituents is 1. The van der Waals surface area contributed by atoms with Crippen LogP contribution in [0.1, 0.15) is 37.4 Å². The van der Waals surface area contributed by atoms with Crippen LogP contribution in [0.2, 0.25) is 0 Å². The lowest BCUT2D eigenvalue weighted by Crippen LogP contribution is -1.96. The zero-order valence-electron chi connectivity index (χ0n) is 10.8. The molecule has 1 aromatic carbocycles. The van der Waals surface area contributed by atoms with Gasteiger partial charge in [-0.3, -0.25) is 10.1 Å². The van der Waals surface area contributed by atoms with Gasteiger partial charge in [0.05, 0.1) is 10.5 Å². The Balaban J connectivity index is 1.96. The predicted octanol–water partition coefficient (Wildman–Crippen LogP) is 2.88. The molecular weight excluding hydrogens is 260 g/mol. The van der Waals surface area contributed by atoms with Crippen LogP contribution in [0.3, 0.4) is 0 Å². The largest absolute Gasteiger partial charge is 0.398 e. The van der Waals surface area contributed by atoms with Gasteiger partial charge in [0, 0.05) is 23.7 Å². The molecule has 2 N–H and O–H groups in total. The molecule has 0 unspecified atom stereocenters. The Morgan fingerprint density at radius 3 is 2.80 bits per heavy atom. The maximum Gasteiger partial charge on any atom is 0.270 e. The van der Waals surface area contributed by atoms with Gasteiger partial charge in [-0.05, 0) is 18.9 Å². The van der Waals surface area contributed by atoms with Crippen molar-refractivity contribution in [3.05, 3.63) is 34.1 Å². The Morgan fingerprint density at radius 1 is 1.35 bits per heavy atom. The van der Waals surface area contributed by atoms with Crippen molar-refractivity contribution >= 4 is 11.4 Å². The molecule has 0 radical (unpaired) electrons. The van der Waals surface area contributed by atoms with Gasteiger partial charge in [-0.2, -0.15) is 4.98 Å². The van der Waals surface area contributed by atoms with Crippen LogP contribution in [0.15, 0.2) is 22.7 Å². The van der Waals surface area contributed by atoms with E-state index in [-0.39, 0.29) is 11.6 Å². The van der Waals surface area contributed by atoms with E-state index in [9.17, 15) is 10.1 Å². The quantitative estimate of drug-likeness (QED) is 0.523. The third-order valence-corrected chi connectivity index (χ3v) is 3.64. The lowest BCUT2D eigenvalue weighted by atomic mass is 10.1. The minimum atomic E-state index is -0.475. The van der Waals surface area contributed by atoms with Crippen molar-refractivity contribution in [2.24, 2.45) is 0 Å². The molecular formula is C13H14N4O3. The molecule has 1 heterocycles. The van der Waals surface area contributed by atoms with Crippen LogP contribution >= 0.6 is 0 Å². The molecule has 0 aliphatic heterocycles. The van der Waals surface area contributed by atoms with Crippen molar-refractivity contribution in [1.29, 1.82) is 0 Å². The number of hydrogen-bond acceptors (Lipinski definition) is 6. The van der Waals surface area contributed by atoms with Crippen molar-refractivity contribution < 1.29 is 9.45 Å². The average molecular weight is 274 g/mol. The third kappa shape index (κ3) is 2.22. The van der Waals surface area contributed by atoms with E-state index in [1.54, 1.807) is 0 Å². The Morgan fingerprint density at radius 2 is 2.10 bits per heavy atom. The predicted molar refractivity (Wildman–Crippen MR) is 72.0 cm³/mol. The van der Waals surface area contributed by atoms with E-state index >= 15 is 0 Å². The molecule has 1 fully saturated rings.